The summed E-state index contributed by atoms with van der Waals surface area (Å²) in [5.74, 6) is -0.842. The number of imidazole rings is 1. The Kier molecular flexibility index (Phi) is 10.8. The van der Waals surface area contributed by atoms with E-state index in [0.29, 0.717) is 35.1 Å². The SMILES string of the molecule is Cc1cccc(C(=O)NC2CC(n3cnc4c(NCc5ccc(N6CCN(CC7CCN(c8cccc9c8C(=O)N(C8CCC(=O)NC8=O)C9=O)CC7)CC6)cc5)ncnc43)C2)n1. The smallest absolute Gasteiger partial charge is 0.270 e. The molecule has 324 valence electrons. The molecule has 17 nitrogen and oxygen atoms in total. The van der Waals surface area contributed by atoms with Crippen molar-refractivity contribution in [3.8, 4) is 0 Å². The number of nitrogens with one attached hydrogen (secondary N) is 3. The van der Waals surface area contributed by atoms with Gasteiger partial charge in [-0.25, -0.2) is 19.9 Å². The highest BCUT2D eigenvalue weighted by Crippen LogP contribution is 2.37. The number of piperazine rings is 1. The van der Waals surface area contributed by atoms with E-state index in [2.05, 4.69) is 79.4 Å². The van der Waals surface area contributed by atoms with Crippen LogP contribution in [0, 0.1) is 12.8 Å². The first-order chi connectivity index (χ1) is 30.7. The van der Waals surface area contributed by atoms with Crippen LogP contribution in [0.3, 0.4) is 0 Å². The van der Waals surface area contributed by atoms with Gasteiger partial charge in [0.05, 0.1) is 23.1 Å². The zero-order chi connectivity index (χ0) is 43.2. The van der Waals surface area contributed by atoms with E-state index >= 15 is 0 Å². The minimum atomic E-state index is -0.975. The van der Waals surface area contributed by atoms with Crippen molar-refractivity contribution < 1.29 is 24.0 Å². The molecule has 0 radical (unpaired) electrons. The molecule has 2 aromatic carbocycles. The molecule has 1 atom stereocenters. The lowest BCUT2D eigenvalue weighted by Crippen LogP contribution is -2.54. The van der Waals surface area contributed by atoms with Gasteiger partial charge < -0.3 is 25.0 Å². The molecule has 1 saturated carbocycles. The minimum Gasteiger partial charge on any atom is -0.371 e. The number of carbonyl (C=O) groups is 5. The van der Waals surface area contributed by atoms with Crippen LogP contribution in [-0.4, -0.2) is 122 Å². The van der Waals surface area contributed by atoms with Gasteiger partial charge in [-0.15, -0.1) is 0 Å². The topological polar surface area (TPSA) is 191 Å². The maximum atomic E-state index is 13.7. The third-order valence-electron chi connectivity index (χ3n) is 13.4. The summed E-state index contributed by atoms with van der Waals surface area (Å²) < 4.78 is 2.08. The van der Waals surface area contributed by atoms with E-state index in [1.165, 1.54) is 5.69 Å². The molecule has 17 heteroatoms. The summed E-state index contributed by atoms with van der Waals surface area (Å²) in [6.07, 6.45) is 7.18. The van der Waals surface area contributed by atoms with Crippen LogP contribution in [0.4, 0.5) is 17.2 Å². The third-order valence-corrected chi connectivity index (χ3v) is 13.4. The second-order valence-corrected chi connectivity index (χ2v) is 17.4. The standard InChI is InChI=1S/C46H50N12O5/c1-28-4-2-6-35(51-28)43(60)52-31-22-33(23-31)57-27-50-40-41(48-26-49-42(40)57)47-24-29-8-10-32(11-9-29)55-20-18-54(19-21-55)25-30-14-16-56(17-15-30)36-7-3-5-34-39(36)46(63)58(45(34)62)37-12-13-38(59)53-44(37)61/h2-11,26-27,30-31,33,37H,12-25H2,1H3,(H,52,60)(H,47,48,49)(H,53,59,61). The Bertz CT molecular complexity index is 2590. The highest BCUT2D eigenvalue weighted by Gasteiger charge is 2.46. The maximum absolute atomic E-state index is 13.7. The Morgan fingerprint density at radius 2 is 1.60 bits per heavy atom. The van der Waals surface area contributed by atoms with Gasteiger partial charge in [-0.05, 0) is 86.9 Å². The third kappa shape index (κ3) is 7.96. The van der Waals surface area contributed by atoms with Crippen LogP contribution in [0.5, 0.6) is 0 Å². The zero-order valence-electron chi connectivity index (χ0n) is 35.2. The molecule has 7 heterocycles. The van der Waals surface area contributed by atoms with Crippen molar-refractivity contribution >= 4 is 57.9 Å². The number of hydrogen-bond donors (Lipinski definition) is 3. The lowest BCUT2D eigenvalue weighted by molar-refractivity contribution is -0.136. The van der Waals surface area contributed by atoms with Crippen molar-refractivity contribution in [2.45, 2.75) is 70.1 Å². The molecule has 4 fully saturated rings. The Balaban J connectivity index is 0.675. The molecule has 4 aliphatic heterocycles. The van der Waals surface area contributed by atoms with Crippen molar-refractivity contribution in [1.29, 1.82) is 0 Å². The Hall–Kier alpha value is -6.75. The predicted molar refractivity (Wildman–Crippen MR) is 234 cm³/mol. The van der Waals surface area contributed by atoms with E-state index in [9.17, 15) is 24.0 Å². The van der Waals surface area contributed by atoms with Gasteiger partial charge in [0.25, 0.3) is 17.7 Å². The number of pyridine rings is 1. The first-order valence-corrected chi connectivity index (χ1v) is 22.0. The van der Waals surface area contributed by atoms with Gasteiger partial charge in [0, 0.05) is 82.2 Å². The molecule has 3 N–H and O–H groups in total. The second kappa shape index (κ2) is 16.8. The van der Waals surface area contributed by atoms with Gasteiger partial charge >= 0.3 is 0 Å². The highest BCUT2D eigenvalue weighted by atomic mass is 16.2. The quantitative estimate of drug-likeness (QED) is 0.163. The number of piperidine rings is 2. The van der Waals surface area contributed by atoms with E-state index < -0.39 is 23.8 Å². The predicted octanol–water partition coefficient (Wildman–Crippen LogP) is 3.72. The molecule has 5 amide bonds. The average molecular weight is 851 g/mol. The molecule has 5 aromatic rings. The number of anilines is 3. The molecule has 5 aliphatic rings. The van der Waals surface area contributed by atoms with Crippen molar-refractivity contribution in [2.24, 2.45) is 5.92 Å². The summed E-state index contributed by atoms with van der Waals surface area (Å²) >= 11 is 0. The molecule has 1 unspecified atom stereocenters. The molecular weight excluding hydrogens is 801 g/mol. The number of rotatable bonds is 11. The fourth-order valence-electron chi connectivity index (χ4n) is 9.79. The average Bonchev–Trinajstić information content (AvgIpc) is 3.82. The first-order valence-electron chi connectivity index (χ1n) is 22.0. The van der Waals surface area contributed by atoms with Crippen LogP contribution < -0.4 is 25.8 Å². The Morgan fingerprint density at radius 1 is 0.825 bits per heavy atom. The molecule has 0 spiro atoms. The summed E-state index contributed by atoms with van der Waals surface area (Å²) in [5, 5.41) is 8.84. The number of fused-ring (bicyclic) bond motifs is 2. The number of benzene rings is 2. The molecular formula is C46H50N12O5. The Morgan fingerprint density at radius 3 is 2.37 bits per heavy atom. The maximum Gasteiger partial charge on any atom is 0.270 e. The van der Waals surface area contributed by atoms with Gasteiger partial charge in [-0.3, -0.25) is 39.1 Å². The highest BCUT2D eigenvalue weighted by molar-refractivity contribution is 6.25. The molecule has 1 aliphatic carbocycles. The lowest BCUT2D eigenvalue weighted by Gasteiger charge is -2.40. The largest absolute Gasteiger partial charge is 0.371 e. The first kappa shape index (κ1) is 40.3. The lowest BCUT2D eigenvalue weighted by atomic mass is 9.86. The number of nitrogens with zero attached hydrogens (tertiary/aromatic N) is 9. The molecule has 3 aromatic heterocycles. The fraction of sp³-hybridized carbons (Fsp3) is 0.413. The fourth-order valence-corrected chi connectivity index (χ4v) is 9.79. The number of aryl methyl sites for hydroxylation is 1. The molecule has 3 saturated heterocycles. The van der Waals surface area contributed by atoms with Crippen molar-refractivity contribution in [1.82, 2.24) is 44.9 Å². The summed E-state index contributed by atoms with van der Waals surface area (Å²) in [5.41, 5.74) is 6.52. The van der Waals surface area contributed by atoms with Crippen molar-refractivity contribution in [2.75, 3.05) is 60.9 Å². The van der Waals surface area contributed by atoms with E-state index in [0.717, 1.165) is 105 Å². The van der Waals surface area contributed by atoms with Gasteiger partial charge in [0.2, 0.25) is 11.8 Å². The number of carbonyl (C=O) groups excluding carboxylic acids is 5. The van der Waals surface area contributed by atoms with Crippen LogP contribution in [0.2, 0.25) is 0 Å². The van der Waals surface area contributed by atoms with E-state index in [1.807, 2.05) is 31.5 Å². The van der Waals surface area contributed by atoms with Crippen LogP contribution in [0.1, 0.15) is 87.0 Å². The second-order valence-electron chi connectivity index (χ2n) is 17.4. The normalized spacial score (nSPS) is 22.0. The van der Waals surface area contributed by atoms with E-state index in [-0.39, 0.29) is 36.7 Å². The van der Waals surface area contributed by atoms with Gasteiger partial charge in [-0.2, -0.15) is 0 Å². The van der Waals surface area contributed by atoms with Crippen LogP contribution >= 0.6 is 0 Å². The van der Waals surface area contributed by atoms with Crippen molar-refractivity contribution in [3.05, 3.63) is 101 Å². The summed E-state index contributed by atoms with van der Waals surface area (Å²) in [6, 6.07) is 18.8. The number of amides is 5. The molecule has 63 heavy (non-hydrogen) atoms. The van der Waals surface area contributed by atoms with E-state index in [1.54, 1.807) is 24.5 Å². The zero-order valence-corrected chi connectivity index (χ0v) is 35.2. The molecule has 0 bridgehead atoms. The minimum absolute atomic E-state index is 0.0718. The van der Waals surface area contributed by atoms with Crippen molar-refractivity contribution in [3.63, 3.8) is 0 Å². The van der Waals surface area contributed by atoms with Gasteiger partial charge in [0.1, 0.15) is 23.6 Å². The van der Waals surface area contributed by atoms with Crippen LogP contribution in [0.25, 0.3) is 11.2 Å². The summed E-state index contributed by atoms with van der Waals surface area (Å²) in [7, 11) is 0. The monoisotopic (exact) mass is 850 g/mol. The van der Waals surface area contributed by atoms with Crippen LogP contribution in [0.15, 0.2) is 73.3 Å². The Labute approximate surface area is 364 Å². The molecule has 10 rings (SSSR count). The van der Waals surface area contributed by atoms with E-state index in [4.69, 9.17) is 0 Å². The number of imide groups is 2. The summed E-state index contributed by atoms with van der Waals surface area (Å²) in [6.45, 7) is 8.94. The summed E-state index contributed by atoms with van der Waals surface area (Å²) in [4.78, 5) is 90.3. The van der Waals surface area contributed by atoms with Gasteiger partial charge in [0.15, 0.2) is 11.5 Å². The number of hydrogen-bond acceptors (Lipinski definition) is 13. The van der Waals surface area contributed by atoms with Gasteiger partial charge in [-0.1, -0.05) is 24.3 Å². The number of aromatic nitrogens is 5. The van der Waals surface area contributed by atoms with Crippen LogP contribution in [-0.2, 0) is 16.1 Å².